The highest BCUT2D eigenvalue weighted by molar-refractivity contribution is 6.30. The van der Waals surface area contributed by atoms with Crippen molar-refractivity contribution in [3.8, 4) is 17.2 Å². The van der Waals surface area contributed by atoms with Crippen molar-refractivity contribution in [1.29, 1.82) is 0 Å². The van der Waals surface area contributed by atoms with E-state index in [1.165, 1.54) is 18.1 Å². The molecule has 0 fully saturated rings. The van der Waals surface area contributed by atoms with E-state index in [4.69, 9.17) is 21.1 Å². The average molecular weight is 414 g/mol. The summed E-state index contributed by atoms with van der Waals surface area (Å²) in [5.41, 5.74) is 1.53. The highest BCUT2D eigenvalue weighted by Crippen LogP contribution is 2.30. The van der Waals surface area contributed by atoms with Crippen LogP contribution in [-0.4, -0.2) is 37.7 Å². The Hall–Kier alpha value is -2.54. The summed E-state index contributed by atoms with van der Waals surface area (Å²) < 4.78 is 40.1. The minimum atomic E-state index is -2.95. The molecule has 0 aromatic heterocycles. The van der Waals surface area contributed by atoms with Gasteiger partial charge in [0, 0.05) is 18.6 Å². The van der Waals surface area contributed by atoms with Gasteiger partial charge in [-0.15, -0.1) is 0 Å². The average Bonchev–Trinajstić information content (AvgIpc) is 2.64. The van der Waals surface area contributed by atoms with Crippen LogP contribution >= 0.6 is 11.6 Å². The van der Waals surface area contributed by atoms with Crippen molar-refractivity contribution in [3.05, 3.63) is 52.5 Å². The second-order valence-electron chi connectivity index (χ2n) is 6.23. The number of alkyl halides is 2. The number of carbonyl (C=O) groups excluding carboxylic acids is 1. The number of hydrogen-bond acceptors (Lipinski definition) is 4. The van der Waals surface area contributed by atoms with E-state index in [-0.39, 0.29) is 24.0 Å². The van der Waals surface area contributed by atoms with Crippen molar-refractivity contribution < 1.29 is 27.8 Å². The minimum Gasteiger partial charge on any atom is -0.493 e. The zero-order chi connectivity index (χ0) is 20.8. The maximum Gasteiger partial charge on any atom is 0.387 e. The molecule has 2 rings (SSSR count). The van der Waals surface area contributed by atoms with Crippen molar-refractivity contribution in [2.24, 2.45) is 0 Å². The molecular weight excluding hydrogens is 392 g/mol. The van der Waals surface area contributed by atoms with Crippen molar-refractivity contribution in [1.82, 2.24) is 4.90 Å². The van der Waals surface area contributed by atoms with Crippen LogP contribution in [0.1, 0.15) is 18.1 Å². The number of likely N-dealkylation sites (N-methyl/N-ethyl adjacent to an activating group) is 1. The second kappa shape index (κ2) is 9.59. The molecule has 0 aliphatic carbocycles. The van der Waals surface area contributed by atoms with E-state index in [1.54, 1.807) is 44.3 Å². The van der Waals surface area contributed by atoms with Crippen molar-refractivity contribution in [3.63, 3.8) is 0 Å². The fraction of sp³-hybridized carbons (Fsp3) is 0.350. The van der Waals surface area contributed by atoms with Gasteiger partial charge in [0.25, 0.3) is 5.91 Å². The first-order valence-electron chi connectivity index (χ1n) is 8.50. The van der Waals surface area contributed by atoms with Crippen LogP contribution in [0, 0.1) is 6.92 Å². The molecule has 28 heavy (non-hydrogen) atoms. The number of ether oxygens (including phenoxy) is 3. The lowest BCUT2D eigenvalue weighted by atomic mass is 10.2. The lowest BCUT2D eigenvalue weighted by Crippen LogP contribution is -2.37. The van der Waals surface area contributed by atoms with Crippen LogP contribution in [-0.2, 0) is 11.3 Å². The molecule has 1 amide bonds. The third-order valence-electron chi connectivity index (χ3n) is 4.03. The van der Waals surface area contributed by atoms with Crippen LogP contribution in [0.5, 0.6) is 17.2 Å². The van der Waals surface area contributed by atoms with E-state index in [9.17, 15) is 13.6 Å². The van der Waals surface area contributed by atoms with Crippen LogP contribution in [0.4, 0.5) is 8.78 Å². The number of benzene rings is 2. The molecule has 5 nitrogen and oxygen atoms in total. The van der Waals surface area contributed by atoms with Gasteiger partial charge in [0.05, 0.1) is 7.11 Å². The van der Waals surface area contributed by atoms with Gasteiger partial charge < -0.3 is 19.1 Å². The maximum atomic E-state index is 12.6. The summed E-state index contributed by atoms with van der Waals surface area (Å²) in [6, 6.07) is 9.70. The Morgan fingerprint density at radius 3 is 2.39 bits per heavy atom. The number of hydrogen-bond donors (Lipinski definition) is 0. The first-order chi connectivity index (χ1) is 13.2. The lowest BCUT2D eigenvalue weighted by molar-refractivity contribution is -0.137. The number of aryl methyl sites for hydroxylation is 1. The minimum absolute atomic E-state index is 0.0647. The van der Waals surface area contributed by atoms with Gasteiger partial charge in [-0.25, -0.2) is 0 Å². The van der Waals surface area contributed by atoms with Crippen LogP contribution < -0.4 is 14.2 Å². The molecule has 1 atom stereocenters. The van der Waals surface area contributed by atoms with Gasteiger partial charge in [-0.05, 0) is 55.3 Å². The van der Waals surface area contributed by atoms with Gasteiger partial charge in [-0.2, -0.15) is 8.78 Å². The largest absolute Gasteiger partial charge is 0.493 e. The van der Waals surface area contributed by atoms with Gasteiger partial charge in [0.15, 0.2) is 17.6 Å². The SMILES string of the molecule is COc1cc(CN(C)C(=O)C(C)Oc2ccc(Cl)cc2C)ccc1OC(F)F. The van der Waals surface area contributed by atoms with Crippen LogP contribution in [0.3, 0.4) is 0 Å². The molecule has 8 heteroatoms. The lowest BCUT2D eigenvalue weighted by Gasteiger charge is -2.23. The van der Waals surface area contributed by atoms with Gasteiger partial charge in [0.2, 0.25) is 0 Å². The zero-order valence-electron chi connectivity index (χ0n) is 16.0. The van der Waals surface area contributed by atoms with Crippen LogP contribution in [0.15, 0.2) is 36.4 Å². The van der Waals surface area contributed by atoms with E-state index in [0.29, 0.717) is 16.3 Å². The Kier molecular flexibility index (Phi) is 7.45. The quantitative estimate of drug-likeness (QED) is 0.630. The van der Waals surface area contributed by atoms with Crippen molar-refractivity contribution in [2.45, 2.75) is 33.1 Å². The molecule has 152 valence electrons. The van der Waals surface area contributed by atoms with E-state index in [2.05, 4.69) is 4.74 Å². The van der Waals surface area contributed by atoms with E-state index in [0.717, 1.165) is 5.56 Å². The Morgan fingerprint density at radius 2 is 1.79 bits per heavy atom. The van der Waals surface area contributed by atoms with E-state index < -0.39 is 12.7 Å². The molecule has 0 spiro atoms. The maximum absolute atomic E-state index is 12.6. The normalized spacial score (nSPS) is 11.9. The predicted molar refractivity (Wildman–Crippen MR) is 102 cm³/mol. The van der Waals surface area contributed by atoms with Gasteiger partial charge in [-0.3, -0.25) is 4.79 Å². The Balaban J connectivity index is 2.04. The fourth-order valence-electron chi connectivity index (χ4n) is 2.65. The summed E-state index contributed by atoms with van der Waals surface area (Å²) in [7, 11) is 2.99. The first kappa shape index (κ1) is 21.8. The molecule has 0 heterocycles. The van der Waals surface area contributed by atoms with Gasteiger partial charge in [-0.1, -0.05) is 17.7 Å². The van der Waals surface area contributed by atoms with Crippen LogP contribution in [0.25, 0.3) is 0 Å². The summed E-state index contributed by atoms with van der Waals surface area (Å²) in [5, 5.41) is 0.592. The standard InChI is InChI=1S/C20H22ClF2NO4/c1-12-9-15(21)6-8-16(12)27-13(2)19(25)24(3)11-14-5-7-17(28-20(22)23)18(10-14)26-4/h5-10,13,20H,11H2,1-4H3. The summed E-state index contributed by atoms with van der Waals surface area (Å²) in [4.78, 5) is 14.1. The Morgan fingerprint density at radius 1 is 1.11 bits per heavy atom. The molecule has 1 unspecified atom stereocenters. The smallest absolute Gasteiger partial charge is 0.387 e. The topological polar surface area (TPSA) is 48.0 Å². The number of halogens is 3. The molecule has 0 saturated carbocycles. The van der Waals surface area contributed by atoms with E-state index >= 15 is 0 Å². The second-order valence-corrected chi connectivity index (χ2v) is 6.66. The monoisotopic (exact) mass is 413 g/mol. The molecular formula is C20H22ClF2NO4. The summed E-state index contributed by atoms with van der Waals surface area (Å²) in [5.74, 6) is 0.444. The number of rotatable bonds is 8. The predicted octanol–water partition coefficient (Wildman–Crippen LogP) is 4.68. The Bertz CT molecular complexity index is 832. The Labute approximate surface area is 167 Å². The zero-order valence-corrected chi connectivity index (χ0v) is 16.8. The van der Waals surface area contributed by atoms with Gasteiger partial charge >= 0.3 is 6.61 Å². The molecule has 2 aromatic carbocycles. The van der Waals surface area contributed by atoms with E-state index in [1.807, 2.05) is 6.92 Å². The van der Waals surface area contributed by atoms with Crippen LogP contribution in [0.2, 0.25) is 5.02 Å². The molecule has 2 aromatic rings. The third-order valence-corrected chi connectivity index (χ3v) is 4.26. The summed E-state index contributed by atoms with van der Waals surface area (Å²) >= 11 is 5.93. The number of nitrogens with zero attached hydrogens (tertiary/aromatic N) is 1. The first-order valence-corrected chi connectivity index (χ1v) is 8.88. The molecule has 0 radical (unpaired) electrons. The van der Waals surface area contributed by atoms with Crippen molar-refractivity contribution >= 4 is 17.5 Å². The molecule has 0 bridgehead atoms. The summed E-state index contributed by atoms with van der Waals surface area (Å²) in [6.07, 6.45) is -0.715. The molecule has 0 saturated heterocycles. The molecule has 0 aliphatic heterocycles. The number of carbonyl (C=O) groups is 1. The number of methoxy groups -OCH3 is 1. The molecule has 0 N–H and O–H groups in total. The third kappa shape index (κ3) is 5.73. The van der Waals surface area contributed by atoms with Crippen molar-refractivity contribution in [2.75, 3.05) is 14.2 Å². The fourth-order valence-corrected chi connectivity index (χ4v) is 2.88. The highest BCUT2D eigenvalue weighted by atomic mass is 35.5. The van der Waals surface area contributed by atoms with Gasteiger partial charge in [0.1, 0.15) is 5.75 Å². The molecule has 0 aliphatic rings. The number of amides is 1. The summed E-state index contributed by atoms with van der Waals surface area (Å²) in [6.45, 7) is 0.806. The highest BCUT2D eigenvalue weighted by Gasteiger charge is 2.21.